The van der Waals surface area contributed by atoms with Gasteiger partial charge in [0.05, 0.1) is 5.01 Å². The van der Waals surface area contributed by atoms with Crippen LogP contribution >= 0.6 is 11.3 Å². The van der Waals surface area contributed by atoms with Gasteiger partial charge >= 0.3 is 0 Å². The molecule has 2 saturated carbocycles. The fraction of sp³-hybridized carbons (Fsp3) is 0.786. The number of thiazole rings is 1. The molecule has 0 saturated heterocycles. The normalized spacial score (nSPS) is 34.9. The van der Waals surface area contributed by atoms with Crippen LogP contribution in [0.2, 0.25) is 0 Å². The number of aromatic nitrogens is 1. The first kappa shape index (κ1) is 11.7. The van der Waals surface area contributed by atoms with Gasteiger partial charge in [-0.2, -0.15) is 0 Å². The molecule has 2 unspecified atom stereocenters. The number of nitrogens with one attached hydrogen (secondary N) is 1. The molecule has 0 spiro atoms. The second-order valence-corrected chi connectivity index (χ2v) is 6.92. The lowest BCUT2D eigenvalue weighted by Gasteiger charge is -2.30. The van der Waals surface area contributed by atoms with E-state index in [1.165, 1.54) is 43.7 Å². The second kappa shape index (κ2) is 4.69. The van der Waals surface area contributed by atoms with E-state index < -0.39 is 0 Å². The molecule has 2 atom stereocenters. The third-order valence-corrected chi connectivity index (χ3v) is 5.18. The summed E-state index contributed by atoms with van der Waals surface area (Å²) in [5, 5.41) is 7.10. The molecule has 2 aliphatic rings. The van der Waals surface area contributed by atoms with Crippen LogP contribution in [0.3, 0.4) is 0 Å². The molecule has 2 fully saturated rings. The summed E-state index contributed by atoms with van der Waals surface area (Å²) in [4.78, 5) is 4.48. The lowest BCUT2D eigenvalue weighted by Crippen LogP contribution is -2.35. The Morgan fingerprint density at radius 1 is 1.47 bits per heavy atom. The predicted molar refractivity (Wildman–Crippen MR) is 72.2 cm³/mol. The van der Waals surface area contributed by atoms with E-state index >= 15 is 0 Å². The van der Waals surface area contributed by atoms with Crippen LogP contribution in [0, 0.1) is 17.3 Å². The Hall–Kier alpha value is -0.410. The number of nitrogens with zero attached hydrogens (tertiary/aromatic N) is 1. The van der Waals surface area contributed by atoms with Crippen LogP contribution in [-0.4, -0.2) is 18.1 Å². The molecule has 2 nitrogen and oxygen atoms in total. The molecule has 94 valence electrons. The topological polar surface area (TPSA) is 24.9 Å². The van der Waals surface area contributed by atoms with Crippen molar-refractivity contribution < 1.29 is 0 Å². The first-order valence-corrected chi connectivity index (χ1v) is 7.78. The fourth-order valence-corrected chi connectivity index (χ4v) is 4.34. The first-order valence-electron chi connectivity index (χ1n) is 6.90. The van der Waals surface area contributed by atoms with Crippen molar-refractivity contribution >= 4 is 11.3 Å². The summed E-state index contributed by atoms with van der Waals surface area (Å²) in [7, 11) is 0. The van der Waals surface area contributed by atoms with Gasteiger partial charge in [0.2, 0.25) is 0 Å². The molecular weight excluding hydrogens is 228 g/mol. The Morgan fingerprint density at radius 3 is 2.94 bits per heavy atom. The van der Waals surface area contributed by atoms with Gasteiger partial charge in [-0.05, 0) is 49.5 Å². The zero-order valence-electron chi connectivity index (χ0n) is 10.6. The smallest absolute Gasteiger partial charge is 0.0930 e. The molecule has 3 rings (SSSR count). The average Bonchev–Trinajstić information content (AvgIpc) is 2.77. The average molecular weight is 250 g/mol. The van der Waals surface area contributed by atoms with Gasteiger partial charge in [-0.25, -0.2) is 4.98 Å². The van der Waals surface area contributed by atoms with Crippen molar-refractivity contribution in [3.8, 4) is 0 Å². The summed E-state index contributed by atoms with van der Waals surface area (Å²) in [5.74, 6) is 2.11. The molecule has 0 amide bonds. The molecule has 0 bridgehead atoms. The Bertz CT molecular complexity index is 350. The molecule has 1 heterocycles. The van der Waals surface area contributed by atoms with E-state index in [4.69, 9.17) is 0 Å². The standard InChI is InChI=1S/C14H22N2S/c1-2-3-15-10-14(7-11-6-12(11)8-14)9-13-16-4-5-17-13/h4-5,11-12,15H,2-3,6-10H2,1H3. The molecule has 0 radical (unpaired) electrons. The quantitative estimate of drug-likeness (QED) is 0.785. The summed E-state index contributed by atoms with van der Waals surface area (Å²) in [6.45, 7) is 4.61. The first-order chi connectivity index (χ1) is 8.31. The van der Waals surface area contributed by atoms with Gasteiger partial charge in [0.25, 0.3) is 0 Å². The molecular formula is C14H22N2S. The second-order valence-electron chi connectivity index (χ2n) is 5.94. The fourth-order valence-electron chi connectivity index (χ4n) is 3.55. The van der Waals surface area contributed by atoms with Gasteiger partial charge in [0.1, 0.15) is 0 Å². The van der Waals surface area contributed by atoms with Crippen LogP contribution in [0.4, 0.5) is 0 Å². The molecule has 2 aliphatic carbocycles. The van der Waals surface area contributed by atoms with Gasteiger partial charge in [0.15, 0.2) is 0 Å². The van der Waals surface area contributed by atoms with E-state index in [1.54, 1.807) is 0 Å². The molecule has 1 N–H and O–H groups in total. The van der Waals surface area contributed by atoms with Crippen LogP contribution in [0.5, 0.6) is 0 Å². The lowest BCUT2D eigenvalue weighted by atomic mass is 9.80. The van der Waals surface area contributed by atoms with Crippen molar-refractivity contribution in [1.29, 1.82) is 0 Å². The van der Waals surface area contributed by atoms with E-state index in [9.17, 15) is 0 Å². The highest BCUT2D eigenvalue weighted by molar-refractivity contribution is 7.09. The maximum Gasteiger partial charge on any atom is 0.0930 e. The van der Waals surface area contributed by atoms with Crippen LogP contribution in [0.1, 0.15) is 37.6 Å². The number of fused-ring (bicyclic) bond motifs is 1. The summed E-state index contributed by atoms with van der Waals surface area (Å²) in [6.07, 6.45) is 8.77. The van der Waals surface area contributed by atoms with Crippen molar-refractivity contribution in [2.45, 2.75) is 39.0 Å². The van der Waals surface area contributed by atoms with Gasteiger partial charge in [0, 0.05) is 24.5 Å². The molecule has 3 heteroatoms. The van der Waals surface area contributed by atoms with E-state index in [0.29, 0.717) is 5.41 Å². The number of hydrogen-bond donors (Lipinski definition) is 1. The molecule has 17 heavy (non-hydrogen) atoms. The number of rotatable bonds is 6. The van der Waals surface area contributed by atoms with E-state index in [0.717, 1.165) is 18.4 Å². The van der Waals surface area contributed by atoms with Crippen molar-refractivity contribution in [2.75, 3.05) is 13.1 Å². The monoisotopic (exact) mass is 250 g/mol. The maximum atomic E-state index is 4.48. The zero-order valence-corrected chi connectivity index (χ0v) is 11.4. The highest BCUT2D eigenvalue weighted by atomic mass is 32.1. The largest absolute Gasteiger partial charge is 0.316 e. The summed E-state index contributed by atoms with van der Waals surface area (Å²) in [5.41, 5.74) is 0.528. The Labute approximate surface area is 108 Å². The summed E-state index contributed by atoms with van der Waals surface area (Å²) < 4.78 is 0. The highest BCUT2D eigenvalue weighted by Gasteiger charge is 2.53. The molecule has 0 aliphatic heterocycles. The van der Waals surface area contributed by atoms with Crippen molar-refractivity contribution in [1.82, 2.24) is 10.3 Å². The third kappa shape index (κ3) is 2.55. The molecule has 0 aromatic carbocycles. The Morgan fingerprint density at radius 2 is 2.29 bits per heavy atom. The molecule has 1 aromatic rings. The summed E-state index contributed by atoms with van der Waals surface area (Å²) >= 11 is 1.82. The van der Waals surface area contributed by atoms with Gasteiger partial charge in [-0.1, -0.05) is 6.92 Å². The van der Waals surface area contributed by atoms with Crippen LogP contribution in [-0.2, 0) is 6.42 Å². The Kier molecular flexibility index (Phi) is 3.22. The van der Waals surface area contributed by atoms with E-state index in [-0.39, 0.29) is 0 Å². The van der Waals surface area contributed by atoms with E-state index in [1.807, 2.05) is 17.5 Å². The molecule has 1 aromatic heterocycles. The van der Waals surface area contributed by atoms with Gasteiger partial charge in [-0.15, -0.1) is 11.3 Å². The lowest BCUT2D eigenvalue weighted by molar-refractivity contribution is 0.248. The van der Waals surface area contributed by atoms with Crippen molar-refractivity contribution in [3.05, 3.63) is 16.6 Å². The SMILES string of the molecule is CCCNCC1(Cc2nccs2)CC2CC2C1. The Balaban J connectivity index is 1.64. The zero-order chi connectivity index (χ0) is 11.7. The minimum atomic E-state index is 0.528. The third-order valence-electron chi connectivity index (χ3n) is 4.40. The van der Waals surface area contributed by atoms with Crippen LogP contribution in [0.25, 0.3) is 0 Å². The van der Waals surface area contributed by atoms with Crippen molar-refractivity contribution in [3.63, 3.8) is 0 Å². The van der Waals surface area contributed by atoms with E-state index in [2.05, 4.69) is 22.6 Å². The van der Waals surface area contributed by atoms with Gasteiger partial charge in [-0.3, -0.25) is 0 Å². The predicted octanol–water partition coefficient (Wildman–Crippen LogP) is 3.10. The maximum absolute atomic E-state index is 4.48. The van der Waals surface area contributed by atoms with Crippen molar-refractivity contribution in [2.24, 2.45) is 17.3 Å². The number of hydrogen-bond acceptors (Lipinski definition) is 3. The van der Waals surface area contributed by atoms with Gasteiger partial charge < -0.3 is 5.32 Å². The minimum absolute atomic E-state index is 0.528. The van der Waals surface area contributed by atoms with Crippen LogP contribution in [0.15, 0.2) is 11.6 Å². The highest BCUT2D eigenvalue weighted by Crippen LogP contribution is 2.60. The van der Waals surface area contributed by atoms with Crippen LogP contribution < -0.4 is 5.32 Å². The minimum Gasteiger partial charge on any atom is -0.316 e. The summed E-state index contributed by atoms with van der Waals surface area (Å²) in [6, 6.07) is 0.